The molecule has 78 valence electrons. The molecule has 1 rings (SSSR count). The molecule has 1 fully saturated rings. The van der Waals surface area contributed by atoms with Crippen molar-refractivity contribution in [1.29, 1.82) is 0 Å². The average molecular weight is 375 g/mol. The third kappa shape index (κ3) is 6.71. The van der Waals surface area contributed by atoms with Crippen LogP contribution in [0.2, 0.25) is 0 Å². The Morgan fingerprint density at radius 1 is 1.46 bits per heavy atom. The molecule has 13 heavy (non-hydrogen) atoms. The number of carboxylic acids is 1. The molecule has 0 radical (unpaired) electrons. The Morgan fingerprint density at radius 2 is 1.85 bits per heavy atom. The molecule has 0 aromatic heterocycles. The molecule has 2 N–H and O–H groups in total. The van der Waals surface area contributed by atoms with Gasteiger partial charge in [-0.05, 0) is 0 Å². The first-order valence-electron chi connectivity index (χ1n) is 2.70. The Kier molecular flexibility index (Phi) is 7.40. The second kappa shape index (κ2) is 7.03. The molecule has 0 aromatic carbocycles. The van der Waals surface area contributed by atoms with Crippen molar-refractivity contribution in [3.63, 3.8) is 0 Å². The standard InChI is InChI=1S/C3H6NO2S.2Mo.4O/c4-2(1-7)3(5)6;;;;;;/h2,4,7H,1H2,(H,5,6);;;;;;/q-1;;;;;;/p-1. The van der Waals surface area contributed by atoms with Crippen molar-refractivity contribution in [2.45, 2.75) is 6.04 Å². The zero-order valence-corrected chi connectivity index (χ0v) is 10.8. The summed E-state index contributed by atoms with van der Waals surface area (Å²) in [5.74, 6) is -1.18. The van der Waals surface area contributed by atoms with E-state index in [2.05, 4.69) is 16.7 Å². The van der Waals surface area contributed by atoms with Crippen molar-refractivity contribution in [3.8, 4) is 0 Å². The first kappa shape index (κ1) is 13.7. The van der Waals surface area contributed by atoms with Crippen molar-refractivity contribution in [1.82, 2.24) is 0 Å². The fourth-order valence-electron chi connectivity index (χ4n) is 0.167. The number of nitrogens with one attached hydrogen (secondary N) is 1. The summed E-state index contributed by atoms with van der Waals surface area (Å²) in [6.07, 6.45) is 0. The van der Waals surface area contributed by atoms with Crippen LogP contribution in [0.25, 0.3) is 5.73 Å². The van der Waals surface area contributed by atoms with Gasteiger partial charge in [0, 0.05) is 0 Å². The first-order chi connectivity index (χ1) is 5.97. The van der Waals surface area contributed by atoms with Gasteiger partial charge in [-0.3, -0.25) is 4.79 Å². The normalized spacial score (nSPS) is 19.5. The topological polar surface area (TPSA) is 114 Å². The van der Waals surface area contributed by atoms with Gasteiger partial charge in [0.15, 0.2) is 0 Å². The van der Waals surface area contributed by atoms with E-state index in [9.17, 15) is 11.6 Å². The van der Waals surface area contributed by atoms with Crippen LogP contribution in [0, 0.1) is 0 Å². The van der Waals surface area contributed by atoms with E-state index in [1.54, 1.807) is 0 Å². The molecule has 0 amide bonds. The van der Waals surface area contributed by atoms with Gasteiger partial charge < -0.3 is 23.5 Å². The van der Waals surface area contributed by atoms with Crippen molar-refractivity contribution < 1.29 is 56.9 Å². The van der Waals surface area contributed by atoms with Crippen LogP contribution in [-0.4, -0.2) is 22.9 Å². The summed E-state index contributed by atoms with van der Waals surface area (Å²) >= 11 is -1.22. The van der Waals surface area contributed by atoms with E-state index in [4.69, 9.17) is 10.8 Å². The fraction of sp³-hybridized carbons (Fsp3) is 0.667. The van der Waals surface area contributed by atoms with Gasteiger partial charge in [-0.1, -0.05) is 6.04 Å². The molecule has 0 bridgehead atoms. The molecular formula is C3H5Mo2NO6S-2. The summed E-state index contributed by atoms with van der Waals surface area (Å²) in [5.41, 5.74) is 6.57. The summed E-state index contributed by atoms with van der Waals surface area (Å²) in [5, 5.41) is 7.93. The molecule has 0 saturated carbocycles. The predicted molar refractivity (Wildman–Crippen MR) is 31.5 cm³/mol. The second-order valence-corrected chi connectivity index (χ2v) is 8.57. The van der Waals surface area contributed by atoms with Crippen LogP contribution in [0.3, 0.4) is 0 Å². The summed E-state index contributed by atoms with van der Waals surface area (Å²) in [6.45, 7) is 0. The van der Waals surface area contributed by atoms with E-state index in [0.29, 0.717) is 0 Å². The minimum atomic E-state index is -2.75. The molecular weight excluding hydrogens is 370 g/mol. The van der Waals surface area contributed by atoms with Crippen LogP contribution < -0.4 is 0 Å². The number of hydrogen-bond acceptors (Lipinski definition) is 6. The van der Waals surface area contributed by atoms with E-state index < -0.39 is 48.1 Å². The Bertz CT molecular complexity index is 212. The number of hydrogen-bond donors (Lipinski definition) is 1. The van der Waals surface area contributed by atoms with E-state index in [-0.39, 0.29) is 5.75 Å². The van der Waals surface area contributed by atoms with Crippen molar-refractivity contribution >= 4 is 18.6 Å². The molecule has 0 aromatic rings. The van der Waals surface area contributed by atoms with Gasteiger partial charge in [0.05, 0.1) is 0 Å². The number of carboxylic acid groups (broad SMARTS) is 1. The van der Waals surface area contributed by atoms with Crippen molar-refractivity contribution in [2.24, 2.45) is 0 Å². The monoisotopic (exact) mass is 379 g/mol. The van der Waals surface area contributed by atoms with E-state index in [1.165, 1.54) is 0 Å². The minimum absolute atomic E-state index is 0.0324. The summed E-state index contributed by atoms with van der Waals surface area (Å²) in [6, 6.07) is -1.12. The van der Waals surface area contributed by atoms with Crippen LogP contribution >= 0.6 is 0 Å². The van der Waals surface area contributed by atoms with Gasteiger partial charge in [0.2, 0.25) is 0 Å². The van der Waals surface area contributed by atoms with Crippen LogP contribution in [0.15, 0.2) is 0 Å². The molecule has 1 aliphatic heterocycles. The zero-order valence-electron chi connectivity index (χ0n) is 6.00. The number of rotatable bonds is 2. The molecule has 7 nitrogen and oxygen atoms in total. The molecule has 1 unspecified atom stereocenters. The van der Waals surface area contributed by atoms with Gasteiger partial charge >= 0.3 is 47.0 Å². The molecule has 1 saturated heterocycles. The average Bonchev–Trinajstić information content (AvgIpc) is 2.02. The predicted octanol–water partition coefficient (Wildman–Crippen LogP) is -0.341. The van der Waals surface area contributed by atoms with E-state index in [1.807, 2.05) is 0 Å². The van der Waals surface area contributed by atoms with Gasteiger partial charge in [0.1, 0.15) is 0 Å². The molecule has 1 aliphatic rings. The summed E-state index contributed by atoms with van der Waals surface area (Å²) in [4.78, 5) is 9.68. The van der Waals surface area contributed by atoms with Crippen molar-refractivity contribution in [3.05, 3.63) is 5.73 Å². The Labute approximate surface area is 92.5 Å². The van der Waals surface area contributed by atoms with Crippen LogP contribution in [0.1, 0.15) is 0 Å². The Balaban J connectivity index is 0.000000223. The molecule has 0 aliphatic carbocycles. The second-order valence-electron chi connectivity index (χ2n) is 1.60. The Hall–Kier alpha value is 0.677. The van der Waals surface area contributed by atoms with Crippen LogP contribution in [0.5, 0.6) is 0 Å². The summed E-state index contributed by atoms with van der Waals surface area (Å²) < 4.78 is 27.8. The van der Waals surface area contributed by atoms with Gasteiger partial charge in [-0.2, -0.15) is 5.75 Å². The summed E-state index contributed by atoms with van der Waals surface area (Å²) in [7, 11) is 0. The third-order valence-electron chi connectivity index (χ3n) is 0.687. The maximum absolute atomic E-state index is 9.76. The van der Waals surface area contributed by atoms with Crippen molar-refractivity contribution in [2.75, 3.05) is 5.75 Å². The number of aliphatic carboxylic acids is 1. The molecule has 0 spiro atoms. The van der Waals surface area contributed by atoms with Crippen LogP contribution in [-0.2, 0) is 64.4 Å². The SMILES string of the molecule is [NH-]C(C[S-])C(=O)O.[O]=[Mo]1[O][Mo](=[O])[O]1. The molecule has 10 heteroatoms. The maximum atomic E-state index is 9.76. The quantitative estimate of drug-likeness (QED) is 0.519. The Morgan fingerprint density at radius 3 is 1.85 bits per heavy atom. The van der Waals surface area contributed by atoms with Gasteiger partial charge in [0.25, 0.3) is 5.97 Å². The van der Waals surface area contributed by atoms with Crippen LogP contribution in [0.4, 0.5) is 0 Å². The van der Waals surface area contributed by atoms with Gasteiger partial charge in [-0.15, -0.1) is 0 Å². The fourth-order valence-corrected chi connectivity index (χ4v) is 3.57. The van der Waals surface area contributed by atoms with Gasteiger partial charge in [-0.25, -0.2) is 0 Å². The zero-order chi connectivity index (χ0) is 10.4. The number of carbonyl (C=O) groups is 1. The molecule has 1 heterocycles. The first-order valence-corrected chi connectivity index (χ1v) is 8.20. The van der Waals surface area contributed by atoms with E-state index in [0.717, 1.165) is 0 Å². The van der Waals surface area contributed by atoms with E-state index >= 15 is 0 Å². The third-order valence-corrected chi connectivity index (χ3v) is 8.58. The molecule has 1 atom stereocenters.